The largest absolute Gasteiger partial charge is 0.353 e. The standard InChI is InChI=1S/C16H27N5O2/c1-5-19(6-2)10-8-17-16(23)13(4)21-14-11-12(3)18-20(14)9-7-15(21)22/h11,13H,5-10H2,1-4H3,(H,17,23)/t13-/m1/s1. The Morgan fingerprint density at radius 3 is 2.78 bits per heavy atom. The summed E-state index contributed by atoms with van der Waals surface area (Å²) in [5.41, 5.74) is 0.855. The van der Waals surface area contributed by atoms with Crippen LogP contribution in [0.1, 0.15) is 32.9 Å². The first-order valence-corrected chi connectivity index (χ1v) is 8.34. The van der Waals surface area contributed by atoms with E-state index in [4.69, 9.17) is 0 Å². The topological polar surface area (TPSA) is 70.5 Å². The predicted molar refractivity (Wildman–Crippen MR) is 89.3 cm³/mol. The van der Waals surface area contributed by atoms with Crippen LogP contribution in [0.15, 0.2) is 6.07 Å². The summed E-state index contributed by atoms with van der Waals surface area (Å²) >= 11 is 0. The predicted octanol–water partition coefficient (Wildman–Crippen LogP) is 0.775. The summed E-state index contributed by atoms with van der Waals surface area (Å²) in [6.07, 6.45) is 0.380. The van der Waals surface area contributed by atoms with E-state index in [1.54, 1.807) is 16.5 Å². The molecule has 0 spiro atoms. The minimum absolute atomic E-state index is 0.0243. The Morgan fingerprint density at radius 1 is 1.43 bits per heavy atom. The highest BCUT2D eigenvalue weighted by Gasteiger charge is 2.32. The number of hydrogen-bond donors (Lipinski definition) is 1. The zero-order valence-electron chi connectivity index (χ0n) is 14.5. The number of hydrogen-bond acceptors (Lipinski definition) is 4. The third-order valence-electron chi connectivity index (χ3n) is 4.32. The molecular formula is C16H27N5O2. The number of aromatic nitrogens is 2. The van der Waals surface area contributed by atoms with Crippen molar-refractivity contribution in [2.24, 2.45) is 0 Å². The summed E-state index contributed by atoms with van der Waals surface area (Å²) in [4.78, 5) is 28.5. The molecule has 1 aromatic heterocycles. The maximum absolute atomic E-state index is 12.4. The fourth-order valence-electron chi connectivity index (χ4n) is 2.90. The van der Waals surface area contributed by atoms with Gasteiger partial charge in [0, 0.05) is 25.6 Å². The van der Waals surface area contributed by atoms with E-state index in [1.165, 1.54) is 0 Å². The highest BCUT2D eigenvalue weighted by Crippen LogP contribution is 2.24. The monoisotopic (exact) mass is 321 g/mol. The van der Waals surface area contributed by atoms with Gasteiger partial charge in [0.1, 0.15) is 11.9 Å². The van der Waals surface area contributed by atoms with Crippen molar-refractivity contribution in [1.82, 2.24) is 20.0 Å². The lowest BCUT2D eigenvalue weighted by Gasteiger charge is -2.32. The van der Waals surface area contributed by atoms with Crippen LogP contribution in [0.4, 0.5) is 5.82 Å². The molecule has 0 saturated heterocycles. The van der Waals surface area contributed by atoms with Crippen molar-refractivity contribution < 1.29 is 9.59 Å². The summed E-state index contributed by atoms with van der Waals surface area (Å²) in [6.45, 7) is 11.8. The number of nitrogens with zero attached hydrogens (tertiary/aromatic N) is 4. The molecule has 0 bridgehead atoms. The molecule has 2 rings (SSSR count). The normalized spacial score (nSPS) is 15.7. The van der Waals surface area contributed by atoms with Gasteiger partial charge in [-0.05, 0) is 26.9 Å². The summed E-state index contributed by atoms with van der Waals surface area (Å²) in [6, 6.07) is 1.32. The SMILES string of the molecule is CCN(CC)CCNC(=O)[C@@H](C)N1C(=O)CCn2nc(C)cc21. The van der Waals surface area contributed by atoms with Crippen molar-refractivity contribution in [2.75, 3.05) is 31.1 Å². The average molecular weight is 321 g/mol. The molecule has 1 N–H and O–H groups in total. The second kappa shape index (κ2) is 7.59. The van der Waals surface area contributed by atoms with E-state index in [-0.39, 0.29) is 11.8 Å². The second-order valence-electron chi connectivity index (χ2n) is 5.87. The Bertz CT molecular complexity index is 565. The molecule has 0 unspecified atom stereocenters. The van der Waals surface area contributed by atoms with Gasteiger partial charge < -0.3 is 10.2 Å². The molecule has 23 heavy (non-hydrogen) atoms. The van der Waals surface area contributed by atoms with Crippen molar-refractivity contribution in [3.8, 4) is 0 Å². The van der Waals surface area contributed by atoms with E-state index in [0.29, 0.717) is 25.3 Å². The van der Waals surface area contributed by atoms with Crippen LogP contribution in [-0.4, -0.2) is 58.7 Å². The lowest BCUT2D eigenvalue weighted by Crippen LogP contribution is -2.51. The fourth-order valence-corrected chi connectivity index (χ4v) is 2.90. The second-order valence-corrected chi connectivity index (χ2v) is 5.87. The molecule has 1 atom stereocenters. The van der Waals surface area contributed by atoms with Crippen molar-refractivity contribution in [1.29, 1.82) is 0 Å². The summed E-state index contributed by atoms with van der Waals surface area (Å²) in [5, 5.41) is 7.30. The van der Waals surface area contributed by atoms with Gasteiger partial charge in [-0.1, -0.05) is 13.8 Å². The van der Waals surface area contributed by atoms with Gasteiger partial charge in [0.25, 0.3) is 0 Å². The molecule has 2 heterocycles. The zero-order valence-corrected chi connectivity index (χ0v) is 14.5. The molecule has 7 nitrogen and oxygen atoms in total. The van der Waals surface area contributed by atoms with Crippen LogP contribution in [0.3, 0.4) is 0 Å². The molecule has 1 aliphatic rings. The van der Waals surface area contributed by atoms with Crippen molar-refractivity contribution in [3.05, 3.63) is 11.8 Å². The zero-order chi connectivity index (χ0) is 17.0. The summed E-state index contributed by atoms with van der Waals surface area (Å²) < 4.78 is 1.80. The van der Waals surface area contributed by atoms with E-state index in [2.05, 4.69) is 29.2 Å². The van der Waals surface area contributed by atoms with Gasteiger partial charge in [-0.2, -0.15) is 5.10 Å². The molecule has 0 saturated carbocycles. The number of fused-ring (bicyclic) bond motifs is 1. The van der Waals surface area contributed by atoms with Gasteiger partial charge in [-0.15, -0.1) is 0 Å². The maximum Gasteiger partial charge on any atom is 0.243 e. The Hall–Kier alpha value is -1.89. The van der Waals surface area contributed by atoms with Gasteiger partial charge in [0.15, 0.2) is 0 Å². The number of likely N-dealkylation sites (N-methyl/N-ethyl adjacent to an activating group) is 1. The van der Waals surface area contributed by atoms with Crippen LogP contribution in [0.25, 0.3) is 0 Å². The number of nitrogens with one attached hydrogen (secondary N) is 1. The third kappa shape index (κ3) is 3.90. The first-order chi connectivity index (χ1) is 11.0. The number of amides is 2. The van der Waals surface area contributed by atoms with Crippen LogP contribution in [0.2, 0.25) is 0 Å². The Labute approximate surface area is 137 Å². The molecular weight excluding hydrogens is 294 g/mol. The fraction of sp³-hybridized carbons (Fsp3) is 0.688. The maximum atomic E-state index is 12.4. The van der Waals surface area contributed by atoms with Gasteiger partial charge in [0.2, 0.25) is 11.8 Å². The molecule has 2 amide bonds. The molecule has 0 aliphatic carbocycles. The lowest BCUT2D eigenvalue weighted by atomic mass is 10.2. The molecule has 1 aliphatic heterocycles. The van der Waals surface area contributed by atoms with E-state index in [0.717, 1.165) is 25.3 Å². The first-order valence-electron chi connectivity index (χ1n) is 8.34. The molecule has 1 aromatic rings. The minimum Gasteiger partial charge on any atom is -0.353 e. The molecule has 7 heteroatoms. The summed E-state index contributed by atoms with van der Waals surface area (Å²) in [5.74, 6) is 0.562. The van der Waals surface area contributed by atoms with Crippen LogP contribution >= 0.6 is 0 Å². The van der Waals surface area contributed by atoms with E-state index >= 15 is 0 Å². The minimum atomic E-state index is -0.533. The van der Waals surface area contributed by atoms with Crippen LogP contribution in [0.5, 0.6) is 0 Å². The van der Waals surface area contributed by atoms with Crippen LogP contribution < -0.4 is 10.2 Å². The smallest absolute Gasteiger partial charge is 0.243 e. The lowest BCUT2D eigenvalue weighted by molar-refractivity contribution is -0.126. The van der Waals surface area contributed by atoms with Gasteiger partial charge in [0.05, 0.1) is 12.2 Å². The number of carbonyl (C=O) groups is 2. The van der Waals surface area contributed by atoms with E-state index in [1.807, 2.05) is 13.0 Å². The molecule has 0 radical (unpaired) electrons. The third-order valence-corrected chi connectivity index (χ3v) is 4.32. The number of carbonyl (C=O) groups excluding carboxylic acids is 2. The van der Waals surface area contributed by atoms with Gasteiger partial charge >= 0.3 is 0 Å². The molecule has 0 fully saturated rings. The van der Waals surface area contributed by atoms with Crippen molar-refractivity contribution in [3.63, 3.8) is 0 Å². The molecule has 0 aromatic carbocycles. The number of anilines is 1. The Morgan fingerprint density at radius 2 is 2.13 bits per heavy atom. The quantitative estimate of drug-likeness (QED) is 0.805. The van der Waals surface area contributed by atoms with Crippen LogP contribution in [0, 0.1) is 6.92 Å². The van der Waals surface area contributed by atoms with Gasteiger partial charge in [-0.3, -0.25) is 14.5 Å². The summed E-state index contributed by atoms with van der Waals surface area (Å²) in [7, 11) is 0. The Balaban J connectivity index is 2.00. The molecule has 128 valence electrons. The van der Waals surface area contributed by atoms with Gasteiger partial charge in [-0.25, -0.2) is 4.68 Å². The van der Waals surface area contributed by atoms with E-state index in [9.17, 15) is 9.59 Å². The number of rotatable bonds is 7. The van der Waals surface area contributed by atoms with E-state index < -0.39 is 6.04 Å². The Kier molecular flexibility index (Phi) is 5.76. The average Bonchev–Trinajstić information content (AvgIpc) is 2.91. The highest BCUT2D eigenvalue weighted by atomic mass is 16.2. The van der Waals surface area contributed by atoms with Crippen molar-refractivity contribution in [2.45, 2.75) is 46.7 Å². The van der Waals surface area contributed by atoms with Crippen LogP contribution in [-0.2, 0) is 16.1 Å². The first kappa shape index (κ1) is 17.5. The number of aryl methyl sites for hydroxylation is 2. The highest BCUT2D eigenvalue weighted by molar-refractivity contribution is 6.00. The van der Waals surface area contributed by atoms with Crippen molar-refractivity contribution >= 4 is 17.6 Å².